The molecule has 20 heavy (non-hydrogen) atoms. The van der Waals surface area contributed by atoms with E-state index in [1.807, 2.05) is 0 Å². The average Bonchev–Trinajstić information content (AvgIpc) is 2.65. The lowest BCUT2D eigenvalue weighted by molar-refractivity contribution is 0.0379. The van der Waals surface area contributed by atoms with Crippen LogP contribution in [0.1, 0.15) is 56.9 Å². The molecule has 1 aromatic carbocycles. The van der Waals surface area contributed by atoms with Crippen LogP contribution >= 0.6 is 11.6 Å². The molecule has 0 radical (unpaired) electrons. The van der Waals surface area contributed by atoms with E-state index in [9.17, 15) is 9.65 Å². The highest BCUT2D eigenvalue weighted by molar-refractivity contribution is 6.30. The Bertz CT molecular complexity index is 545. The molecule has 0 aliphatic heterocycles. The molecule has 1 aromatic rings. The van der Waals surface area contributed by atoms with Crippen LogP contribution in [0.4, 0.5) is 4.39 Å². The zero-order chi connectivity index (χ0) is 14.2. The van der Waals surface area contributed by atoms with Crippen molar-refractivity contribution in [2.75, 3.05) is 0 Å². The second kappa shape index (κ2) is 5.04. The Morgan fingerprint density at radius 2 is 1.75 bits per heavy atom. The van der Waals surface area contributed by atoms with Gasteiger partial charge < -0.3 is 0 Å². The van der Waals surface area contributed by atoms with Crippen LogP contribution in [0.3, 0.4) is 0 Å². The summed E-state index contributed by atoms with van der Waals surface area (Å²) in [5, 5.41) is 9.75. The largest absolute Gasteiger partial charge is 0.205 e. The normalized spacial score (nSPS) is 23.6. The molecule has 0 atom stereocenters. The van der Waals surface area contributed by atoms with E-state index in [1.54, 1.807) is 18.2 Å². The van der Waals surface area contributed by atoms with Crippen LogP contribution in [-0.2, 0) is 5.41 Å². The first-order valence-corrected chi connectivity index (χ1v) is 7.84. The van der Waals surface area contributed by atoms with Crippen LogP contribution in [0.25, 0.3) is 0 Å². The molecule has 3 rings (SSSR count). The van der Waals surface area contributed by atoms with Crippen LogP contribution in [0.2, 0.25) is 5.02 Å². The molecule has 0 N–H and O–H groups in total. The molecule has 0 heterocycles. The minimum absolute atomic E-state index is 0.124. The zero-order valence-electron chi connectivity index (χ0n) is 11.6. The summed E-state index contributed by atoms with van der Waals surface area (Å²) in [5.74, 6) is -0.404. The van der Waals surface area contributed by atoms with Gasteiger partial charge in [0.25, 0.3) is 0 Å². The molecular weight excluding hydrogens is 273 g/mol. The summed E-state index contributed by atoms with van der Waals surface area (Å²) in [6.45, 7) is 0. The van der Waals surface area contributed by atoms with E-state index in [1.165, 1.54) is 38.5 Å². The van der Waals surface area contributed by atoms with Crippen molar-refractivity contribution < 1.29 is 4.39 Å². The Hall–Kier alpha value is -1.07. The quantitative estimate of drug-likeness (QED) is 0.682. The number of hydrogen-bond donors (Lipinski definition) is 0. The molecular formula is C17H19ClFN. The maximum absolute atomic E-state index is 14.3. The fourth-order valence-electron chi connectivity index (χ4n) is 4.26. The summed E-state index contributed by atoms with van der Waals surface area (Å²) < 4.78 is 14.3. The summed E-state index contributed by atoms with van der Waals surface area (Å²) in [4.78, 5) is 0. The Morgan fingerprint density at radius 3 is 2.35 bits per heavy atom. The third-order valence-corrected chi connectivity index (χ3v) is 5.49. The fourth-order valence-corrected chi connectivity index (χ4v) is 4.44. The highest BCUT2D eigenvalue weighted by atomic mass is 35.5. The van der Waals surface area contributed by atoms with Crippen molar-refractivity contribution in [1.82, 2.24) is 0 Å². The van der Waals surface area contributed by atoms with E-state index >= 15 is 0 Å². The Morgan fingerprint density at radius 1 is 1.10 bits per heavy atom. The highest BCUT2D eigenvalue weighted by Crippen LogP contribution is 2.61. The first kappa shape index (κ1) is 13.9. The number of nitriles is 1. The van der Waals surface area contributed by atoms with Crippen molar-refractivity contribution in [3.63, 3.8) is 0 Å². The average molecular weight is 292 g/mol. The molecule has 2 fully saturated rings. The van der Waals surface area contributed by atoms with E-state index in [0.29, 0.717) is 5.56 Å². The minimum atomic E-state index is -0.653. The standard InChI is InChI=1S/C17H19ClFN/c18-14-7-5-6-13(15(14)19)17(12-20)10-16(11-17)8-3-1-2-4-9-16/h5-7H,1-4,8-11H2. The monoisotopic (exact) mass is 291 g/mol. The lowest BCUT2D eigenvalue weighted by Gasteiger charge is -2.53. The van der Waals surface area contributed by atoms with Gasteiger partial charge in [-0.15, -0.1) is 0 Å². The molecule has 2 saturated carbocycles. The predicted molar refractivity (Wildman–Crippen MR) is 78.1 cm³/mol. The predicted octanol–water partition coefficient (Wildman–Crippen LogP) is 5.37. The third kappa shape index (κ3) is 2.13. The van der Waals surface area contributed by atoms with Gasteiger partial charge in [-0.25, -0.2) is 4.39 Å². The minimum Gasteiger partial charge on any atom is -0.205 e. The van der Waals surface area contributed by atoms with Crippen molar-refractivity contribution >= 4 is 11.6 Å². The van der Waals surface area contributed by atoms with Crippen molar-refractivity contribution in [2.24, 2.45) is 5.41 Å². The van der Waals surface area contributed by atoms with Gasteiger partial charge in [-0.05, 0) is 37.2 Å². The third-order valence-electron chi connectivity index (χ3n) is 5.20. The lowest BCUT2D eigenvalue weighted by Crippen LogP contribution is -2.49. The van der Waals surface area contributed by atoms with Gasteiger partial charge in [0.15, 0.2) is 0 Å². The summed E-state index contributed by atoms with van der Waals surface area (Å²) in [6.07, 6.45) is 9.08. The topological polar surface area (TPSA) is 23.8 Å². The van der Waals surface area contributed by atoms with Gasteiger partial charge in [0.1, 0.15) is 5.82 Å². The van der Waals surface area contributed by atoms with Crippen molar-refractivity contribution in [3.8, 4) is 6.07 Å². The maximum atomic E-state index is 14.3. The lowest BCUT2D eigenvalue weighted by atomic mass is 9.48. The Kier molecular flexibility index (Phi) is 3.50. The fraction of sp³-hybridized carbons (Fsp3) is 0.588. The van der Waals surface area contributed by atoms with Crippen molar-refractivity contribution in [2.45, 2.75) is 56.8 Å². The number of benzene rings is 1. The first-order chi connectivity index (χ1) is 9.61. The van der Waals surface area contributed by atoms with E-state index < -0.39 is 11.2 Å². The van der Waals surface area contributed by atoms with Crippen molar-refractivity contribution in [3.05, 3.63) is 34.6 Å². The molecule has 1 nitrogen and oxygen atoms in total. The first-order valence-electron chi connectivity index (χ1n) is 7.47. The van der Waals surface area contributed by atoms with Crippen LogP contribution in [0, 0.1) is 22.6 Å². The van der Waals surface area contributed by atoms with Crippen LogP contribution in [0.5, 0.6) is 0 Å². The zero-order valence-corrected chi connectivity index (χ0v) is 12.3. The summed E-state index contributed by atoms with van der Waals surface area (Å²) in [5.41, 5.74) is 0.128. The summed E-state index contributed by atoms with van der Waals surface area (Å²) >= 11 is 5.88. The van der Waals surface area contributed by atoms with Crippen LogP contribution in [-0.4, -0.2) is 0 Å². The van der Waals surface area contributed by atoms with Gasteiger partial charge in [0.2, 0.25) is 0 Å². The van der Waals surface area contributed by atoms with E-state index in [-0.39, 0.29) is 10.4 Å². The highest BCUT2D eigenvalue weighted by Gasteiger charge is 2.56. The number of rotatable bonds is 1. The van der Waals surface area contributed by atoms with E-state index in [0.717, 1.165) is 12.8 Å². The second-order valence-corrected chi connectivity index (χ2v) is 6.97. The number of halogens is 2. The smallest absolute Gasteiger partial charge is 0.146 e. The second-order valence-electron chi connectivity index (χ2n) is 6.56. The van der Waals surface area contributed by atoms with Gasteiger partial charge in [-0.2, -0.15) is 5.26 Å². The molecule has 1 spiro atoms. The Labute approximate surface area is 124 Å². The van der Waals surface area contributed by atoms with Gasteiger partial charge in [0.05, 0.1) is 16.5 Å². The maximum Gasteiger partial charge on any atom is 0.146 e. The van der Waals surface area contributed by atoms with Gasteiger partial charge in [-0.3, -0.25) is 0 Å². The molecule has 0 amide bonds. The van der Waals surface area contributed by atoms with Gasteiger partial charge >= 0.3 is 0 Å². The molecule has 0 saturated heterocycles. The SMILES string of the molecule is N#CC1(c2cccc(Cl)c2F)CC2(CCCCCC2)C1. The molecule has 3 heteroatoms. The molecule has 0 bridgehead atoms. The van der Waals surface area contributed by atoms with E-state index in [2.05, 4.69) is 6.07 Å². The summed E-state index contributed by atoms with van der Waals surface area (Å²) in [6, 6.07) is 7.42. The molecule has 2 aliphatic carbocycles. The van der Waals surface area contributed by atoms with Crippen LogP contribution in [0.15, 0.2) is 18.2 Å². The molecule has 0 unspecified atom stereocenters. The van der Waals surface area contributed by atoms with Crippen LogP contribution < -0.4 is 0 Å². The van der Waals surface area contributed by atoms with E-state index in [4.69, 9.17) is 11.6 Å². The number of hydrogen-bond acceptors (Lipinski definition) is 1. The molecule has 106 valence electrons. The summed E-state index contributed by atoms with van der Waals surface area (Å²) in [7, 11) is 0. The van der Waals surface area contributed by atoms with Crippen molar-refractivity contribution in [1.29, 1.82) is 5.26 Å². The molecule has 0 aromatic heterocycles. The van der Waals surface area contributed by atoms with Gasteiger partial charge in [-0.1, -0.05) is 49.4 Å². The van der Waals surface area contributed by atoms with Gasteiger partial charge in [0, 0.05) is 5.56 Å². The number of nitrogens with zero attached hydrogens (tertiary/aromatic N) is 1. The Balaban J connectivity index is 1.89. The molecule has 2 aliphatic rings.